The molecule has 0 saturated carbocycles. The Balaban J connectivity index is 0.00000341. The third-order valence-electron chi connectivity index (χ3n) is 4.40. The van der Waals surface area contributed by atoms with Gasteiger partial charge in [-0.1, -0.05) is 24.3 Å². The quantitative estimate of drug-likeness (QED) is 0.179. The molecule has 3 aromatic rings. The molecule has 0 bridgehead atoms. The lowest BCUT2D eigenvalue weighted by Crippen LogP contribution is -2.39. The first-order chi connectivity index (χ1) is 14.8. The number of benzene rings is 2. The second-order valence-electron chi connectivity index (χ2n) is 6.70. The molecule has 31 heavy (non-hydrogen) atoms. The van der Waals surface area contributed by atoms with Gasteiger partial charge in [0.05, 0.1) is 26.5 Å². The minimum absolute atomic E-state index is 0. The van der Waals surface area contributed by atoms with Gasteiger partial charge in [-0.15, -0.1) is 24.0 Å². The van der Waals surface area contributed by atoms with Crippen molar-refractivity contribution in [2.45, 2.75) is 20.0 Å². The Morgan fingerprint density at radius 3 is 2.55 bits per heavy atom. The lowest BCUT2D eigenvalue weighted by atomic mass is 10.1. The normalized spacial score (nSPS) is 10.8. The van der Waals surface area contributed by atoms with Crippen LogP contribution >= 0.6 is 24.0 Å². The fourth-order valence-electron chi connectivity index (χ4n) is 2.94. The minimum atomic E-state index is 0. The summed E-state index contributed by atoms with van der Waals surface area (Å²) in [5.74, 6) is 2.40. The van der Waals surface area contributed by atoms with Crippen molar-refractivity contribution in [2.75, 3.05) is 26.8 Å². The molecule has 8 heteroatoms. The zero-order chi connectivity index (χ0) is 21.0. The van der Waals surface area contributed by atoms with Crippen LogP contribution in [0.2, 0.25) is 0 Å². The van der Waals surface area contributed by atoms with E-state index in [1.807, 2.05) is 36.8 Å². The van der Waals surface area contributed by atoms with E-state index >= 15 is 0 Å². The van der Waals surface area contributed by atoms with Crippen molar-refractivity contribution >= 4 is 29.9 Å². The van der Waals surface area contributed by atoms with Crippen molar-refractivity contribution in [2.24, 2.45) is 4.99 Å². The largest absolute Gasteiger partial charge is 0.497 e. The molecule has 0 aliphatic heterocycles. The van der Waals surface area contributed by atoms with Crippen LogP contribution in [0.25, 0.3) is 0 Å². The highest BCUT2D eigenvalue weighted by Gasteiger charge is 2.01. The van der Waals surface area contributed by atoms with Crippen molar-refractivity contribution in [3.63, 3.8) is 0 Å². The van der Waals surface area contributed by atoms with Crippen LogP contribution < -0.4 is 20.1 Å². The van der Waals surface area contributed by atoms with Gasteiger partial charge in [0, 0.05) is 25.5 Å². The number of guanidine groups is 1. The predicted octanol–water partition coefficient (Wildman–Crippen LogP) is 3.69. The Morgan fingerprint density at radius 2 is 1.84 bits per heavy atom. The molecule has 2 aromatic carbocycles. The fourth-order valence-corrected chi connectivity index (χ4v) is 2.94. The number of ether oxygens (including phenoxy) is 2. The number of halogens is 1. The number of hydrogen-bond donors (Lipinski definition) is 2. The van der Waals surface area contributed by atoms with E-state index in [0.717, 1.165) is 30.5 Å². The van der Waals surface area contributed by atoms with Gasteiger partial charge in [-0.05, 0) is 42.3 Å². The molecule has 0 unspecified atom stereocenters. The molecule has 1 aromatic heterocycles. The summed E-state index contributed by atoms with van der Waals surface area (Å²) in [5.41, 5.74) is 2.39. The van der Waals surface area contributed by atoms with Crippen LogP contribution in [0.5, 0.6) is 11.5 Å². The van der Waals surface area contributed by atoms with Crippen LogP contribution in [0.1, 0.15) is 18.1 Å². The van der Waals surface area contributed by atoms with E-state index in [1.54, 1.807) is 13.3 Å². The molecular weight excluding hydrogens is 505 g/mol. The monoisotopic (exact) mass is 535 g/mol. The lowest BCUT2D eigenvalue weighted by Gasteiger charge is -2.12. The number of rotatable bonds is 10. The van der Waals surface area contributed by atoms with Gasteiger partial charge in [-0.2, -0.15) is 0 Å². The molecule has 0 aliphatic rings. The summed E-state index contributed by atoms with van der Waals surface area (Å²) in [5, 5.41) is 6.58. The summed E-state index contributed by atoms with van der Waals surface area (Å²) in [6.07, 6.45) is 5.58. The number of hydrogen-bond acceptors (Lipinski definition) is 4. The molecule has 0 fully saturated rings. The van der Waals surface area contributed by atoms with E-state index < -0.39 is 0 Å². The lowest BCUT2D eigenvalue weighted by molar-refractivity contribution is 0.321. The average molecular weight is 535 g/mol. The average Bonchev–Trinajstić information content (AvgIpc) is 3.28. The Morgan fingerprint density at radius 1 is 1.06 bits per heavy atom. The van der Waals surface area contributed by atoms with Crippen LogP contribution in [0.3, 0.4) is 0 Å². The summed E-state index contributed by atoms with van der Waals surface area (Å²) in [6, 6.07) is 16.0. The predicted molar refractivity (Wildman–Crippen MR) is 134 cm³/mol. The number of nitrogens with zero attached hydrogens (tertiary/aromatic N) is 3. The first kappa shape index (κ1) is 24.5. The first-order valence-corrected chi connectivity index (χ1v) is 10.1. The molecule has 3 rings (SSSR count). The highest BCUT2D eigenvalue weighted by molar-refractivity contribution is 14.0. The maximum absolute atomic E-state index is 5.75. The van der Waals surface area contributed by atoms with Gasteiger partial charge in [-0.25, -0.2) is 9.98 Å². The smallest absolute Gasteiger partial charge is 0.191 e. The number of imidazole rings is 1. The van der Waals surface area contributed by atoms with Gasteiger partial charge in [0.2, 0.25) is 0 Å². The Kier molecular flexibility index (Phi) is 10.7. The Bertz CT molecular complexity index is 914. The summed E-state index contributed by atoms with van der Waals surface area (Å²) in [4.78, 5) is 8.78. The zero-order valence-electron chi connectivity index (χ0n) is 18.0. The van der Waals surface area contributed by atoms with Gasteiger partial charge in [0.15, 0.2) is 5.96 Å². The summed E-state index contributed by atoms with van der Waals surface area (Å²) >= 11 is 0. The van der Waals surface area contributed by atoms with Crippen molar-refractivity contribution in [1.82, 2.24) is 20.2 Å². The molecule has 0 amide bonds. The van der Waals surface area contributed by atoms with Crippen molar-refractivity contribution in [3.8, 4) is 11.5 Å². The number of aromatic nitrogens is 2. The molecular formula is C23H30IN5O2. The minimum Gasteiger partial charge on any atom is -0.497 e. The maximum atomic E-state index is 5.75. The second-order valence-corrected chi connectivity index (χ2v) is 6.70. The van der Waals surface area contributed by atoms with Crippen molar-refractivity contribution < 1.29 is 9.47 Å². The van der Waals surface area contributed by atoms with Crippen molar-refractivity contribution in [1.29, 1.82) is 0 Å². The Hall–Kier alpha value is -2.75. The van der Waals surface area contributed by atoms with E-state index in [-0.39, 0.29) is 24.0 Å². The summed E-state index contributed by atoms with van der Waals surface area (Å²) < 4.78 is 13.0. The van der Waals surface area contributed by atoms with Gasteiger partial charge >= 0.3 is 0 Å². The van der Waals surface area contributed by atoms with E-state index in [2.05, 4.69) is 51.4 Å². The van der Waals surface area contributed by atoms with Gasteiger partial charge in [0.25, 0.3) is 0 Å². The number of aliphatic imine (C=N–C) groups is 1. The topological polar surface area (TPSA) is 72.7 Å². The molecule has 0 spiro atoms. The summed E-state index contributed by atoms with van der Waals surface area (Å²) in [7, 11) is 1.65. The zero-order valence-corrected chi connectivity index (χ0v) is 20.3. The number of nitrogens with one attached hydrogen (secondary N) is 2. The maximum Gasteiger partial charge on any atom is 0.191 e. The van der Waals surface area contributed by atoms with Crippen LogP contribution in [-0.2, 0) is 13.1 Å². The highest BCUT2D eigenvalue weighted by Crippen LogP contribution is 2.16. The molecule has 1 heterocycles. The van der Waals surface area contributed by atoms with E-state index in [0.29, 0.717) is 19.7 Å². The molecule has 2 N–H and O–H groups in total. The highest BCUT2D eigenvalue weighted by atomic mass is 127. The van der Waals surface area contributed by atoms with Gasteiger partial charge in [-0.3, -0.25) is 0 Å². The molecule has 0 aliphatic carbocycles. The SMILES string of the molecule is CCNC(=NCc1cccc(Cn2ccnc2)c1)NCCOc1ccc(OC)cc1.I. The molecule has 7 nitrogen and oxygen atoms in total. The number of methoxy groups -OCH3 is 1. The van der Waals surface area contributed by atoms with Crippen molar-refractivity contribution in [3.05, 3.63) is 78.4 Å². The third kappa shape index (κ3) is 8.49. The van der Waals surface area contributed by atoms with E-state index in [9.17, 15) is 0 Å². The fraction of sp³-hybridized carbons (Fsp3) is 0.304. The second kappa shape index (κ2) is 13.5. The molecule has 0 saturated heterocycles. The van der Waals surface area contributed by atoms with Crippen LogP contribution in [0, 0.1) is 0 Å². The van der Waals surface area contributed by atoms with E-state index in [1.165, 1.54) is 11.1 Å². The van der Waals surface area contributed by atoms with Crippen LogP contribution in [0.4, 0.5) is 0 Å². The third-order valence-corrected chi connectivity index (χ3v) is 4.40. The first-order valence-electron chi connectivity index (χ1n) is 10.1. The molecule has 0 radical (unpaired) electrons. The van der Waals surface area contributed by atoms with E-state index in [4.69, 9.17) is 14.5 Å². The molecule has 0 atom stereocenters. The standard InChI is InChI=1S/C23H29N5O2.HI/c1-3-25-23(26-12-14-30-22-9-7-21(29-2)8-10-22)27-16-19-5-4-6-20(15-19)17-28-13-11-24-18-28;/h4-11,13,15,18H,3,12,14,16-17H2,1-2H3,(H2,25,26,27);1H. The Labute approximate surface area is 200 Å². The van der Waals surface area contributed by atoms with Gasteiger partial charge in [0.1, 0.15) is 18.1 Å². The summed E-state index contributed by atoms with van der Waals surface area (Å²) in [6.45, 7) is 5.45. The van der Waals surface area contributed by atoms with Crippen LogP contribution in [-0.4, -0.2) is 42.3 Å². The van der Waals surface area contributed by atoms with Crippen LogP contribution in [0.15, 0.2) is 72.2 Å². The molecule has 166 valence electrons. The van der Waals surface area contributed by atoms with Gasteiger partial charge < -0.3 is 24.7 Å².